The quantitative estimate of drug-likeness (QED) is 0.871. The van der Waals surface area contributed by atoms with E-state index >= 15 is 0 Å². The van der Waals surface area contributed by atoms with Gasteiger partial charge in [0, 0.05) is 29.0 Å². The minimum atomic E-state index is 0.287. The third-order valence-electron chi connectivity index (χ3n) is 5.47. The molecule has 4 atom stereocenters. The van der Waals surface area contributed by atoms with E-state index in [0.29, 0.717) is 18.2 Å². The Balaban J connectivity index is 1.71. The van der Waals surface area contributed by atoms with Crippen molar-refractivity contribution in [1.82, 2.24) is 5.32 Å². The molecular formula is C18H27NOS. The van der Waals surface area contributed by atoms with Crippen molar-refractivity contribution in [2.75, 3.05) is 12.4 Å². The van der Waals surface area contributed by atoms with Gasteiger partial charge >= 0.3 is 0 Å². The summed E-state index contributed by atoms with van der Waals surface area (Å²) in [6, 6.07) is 9.97. The zero-order valence-electron chi connectivity index (χ0n) is 13.4. The van der Waals surface area contributed by atoms with Crippen LogP contribution in [0.4, 0.5) is 0 Å². The van der Waals surface area contributed by atoms with Gasteiger partial charge < -0.3 is 10.1 Å². The number of fused-ring (bicyclic) bond motifs is 1. The van der Waals surface area contributed by atoms with Gasteiger partial charge in [-0.25, -0.2) is 0 Å². The van der Waals surface area contributed by atoms with Gasteiger partial charge in [0.1, 0.15) is 0 Å². The smallest absolute Gasteiger partial charge is 0.0658 e. The van der Waals surface area contributed by atoms with Crippen molar-refractivity contribution >= 4 is 11.8 Å². The first-order valence-electron chi connectivity index (χ1n) is 8.28. The molecule has 1 aliphatic carbocycles. The van der Waals surface area contributed by atoms with Gasteiger partial charge in [0.25, 0.3) is 0 Å². The Morgan fingerprint density at radius 1 is 1.33 bits per heavy atom. The SMILES string of the molecule is CCOC1CC(NC2CCSc3ccccc32)C1(C)CC. The van der Waals surface area contributed by atoms with Gasteiger partial charge in [0.2, 0.25) is 0 Å². The fourth-order valence-electron chi connectivity index (χ4n) is 3.77. The zero-order valence-corrected chi connectivity index (χ0v) is 14.2. The Morgan fingerprint density at radius 2 is 2.14 bits per heavy atom. The number of thioether (sulfide) groups is 1. The van der Waals surface area contributed by atoms with Crippen molar-refractivity contribution in [3.63, 3.8) is 0 Å². The van der Waals surface area contributed by atoms with E-state index in [0.717, 1.165) is 13.0 Å². The van der Waals surface area contributed by atoms with Crippen molar-refractivity contribution in [3.05, 3.63) is 29.8 Å². The molecular weight excluding hydrogens is 278 g/mol. The van der Waals surface area contributed by atoms with Crippen LogP contribution in [0, 0.1) is 5.41 Å². The molecule has 1 saturated carbocycles. The Kier molecular flexibility index (Phi) is 4.63. The van der Waals surface area contributed by atoms with Crippen LogP contribution >= 0.6 is 11.8 Å². The normalized spacial score (nSPS) is 35.1. The average molecular weight is 305 g/mol. The summed E-state index contributed by atoms with van der Waals surface area (Å²) in [6.07, 6.45) is 4.00. The lowest BCUT2D eigenvalue weighted by Gasteiger charge is -2.55. The van der Waals surface area contributed by atoms with E-state index in [1.165, 1.54) is 29.1 Å². The molecule has 1 fully saturated rings. The number of nitrogens with one attached hydrogen (secondary N) is 1. The Hall–Kier alpha value is -0.510. The van der Waals surface area contributed by atoms with Crippen LogP contribution in [0.3, 0.4) is 0 Å². The number of rotatable bonds is 5. The first kappa shape index (κ1) is 15.4. The number of hydrogen-bond acceptors (Lipinski definition) is 3. The molecule has 1 aromatic rings. The largest absolute Gasteiger partial charge is 0.378 e. The molecule has 3 rings (SSSR count). The molecule has 0 bridgehead atoms. The highest BCUT2D eigenvalue weighted by Gasteiger charge is 2.51. The van der Waals surface area contributed by atoms with Gasteiger partial charge in [0.05, 0.1) is 6.10 Å². The molecule has 2 aliphatic rings. The van der Waals surface area contributed by atoms with Gasteiger partial charge in [-0.3, -0.25) is 0 Å². The van der Waals surface area contributed by atoms with E-state index < -0.39 is 0 Å². The van der Waals surface area contributed by atoms with E-state index in [9.17, 15) is 0 Å². The lowest BCUT2D eigenvalue weighted by Crippen LogP contribution is -2.62. The molecule has 0 aromatic heterocycles. The third-order valence-corrected chi connectivity index (χ3v) is 6.59. The molecule has 0 amide bonds. The molecule has 1 aromatic carbocycles. The second-order valence-corrected chi connectivity index (χ2v) is 7.62. The van der Waals surface area contributed by atoms with Crippen molar-refractivity contribution in [1.29, 1.82) is 0 Å². The fourth-order valence-corrected chi connectivity index (χ4v) is 4.89. The van der Waals surface area contributed by atoms with Crippen molar-refractivity contribution in [2.45, 2.75) is 63.1 Å². The maximum absolute atomic E-state index is 5.93. The molecule has 1 heterocycles. The zero-order chi connectivity index (χ0) is 14.9. The first-order chi connectivity index (χ1) is 10.2. The first-order valence-corrected chi connectivity index (χ1v) is 9.27. The molecule has 0 saturated heterocycles. The predicted octanol–water partition coefficient (Wildman–Crippen LogP) is 4.41. The van der Waals surface area contributed by atoms with Gasteiger partial charge in [-0.05, 0) is 43.6 Å². The highest BCUT2D eigenvalue weighted by molar-refractivity contribution is 7.99. The third kappa shape index (κ3) is 2.76. The molecule has 0 radical (unpaired) electrons. The Morgan fingerprint density at radius 3 is 2.90 bits per heavy atom. The standard InChI is InChI=1S/C18H27NOS/c1-4-18(3)16(12-17(18)20-5-2)19-14-10-11-21-15-9-7-6-8-13(14)15/h6-9,14,16-17,19H,4-5,10-12H2,1-3H3. The van der Waals surface area contributed by atoms with E-state index in [2.05, 4.69) is 50.4 Å². The topological polar surface area (TPSA) is 21.3 Å². The van der Waals surface area contributed by atoms with E-state index in [1.54, 1.807) is 0 Å². The molecule has 0 spiro atoms. The monoisotopic (exact) mass is 305 g/mol. The lowest BCUT2D eigenvalue weighted by atomic mass is 9.61. The van der Waals surface area contributed by atoms with Crippen molar-refractivity contribution < 1.29 is 4.74 Å². The summed E-state index contributed by atoms with van der Waals surface area (Å²) in [4.78, 5) is 1.46. The minimum absolute atomic E-state index is 0.287. The molecule has 3 heteroatoms. The summed E-state index contributed by atoms with van der Waals surface area (Å²) in [6.45, 7) is 7.61. The summed E-state index contributed by atoms with van der Waals surface area (Å²) >= 11 is 1.99. The van der Waals surface area contributed by atoms with Crippen LogP contribution in [0.15, 0.2) is 29.2 Å². The van der Waals surface area contributed by atoms with Crippen LogP contribution < -0.4 is 5.32 Å². The van der Waals surface area contributed by atoms with Gasteiger partial charge in [-0.2, -0.15) is 0 Å². The molecule has 4 unspecified atom stereocenters. The van der Waals surface area contributed by atoms with Crippen LogP contribution in [0.5, 0.6) is 0 Å². The van der Waals surface area contributed by atoms with Crippen LogP contribution in [0.25, 0.3) is 0 Å². The van der Waals surface area contributed by atoms with Crippen LogP contribution in [-0.4, -0.2) is 24.5 Å². The second kappa shape index (κ2) is 6.31. The summed E-state index contributed by atoms with van der Waals surface area (Å²) in [5.74, 6) is 1.22. The highest BCUT2D eigenvalue weighted by Crippen LogP contribution is 2.47. The molecule has 116 valence electrons. The van der Waals surface area contributed by atoms with Crippen LogP contribution in [0.1, 0.15) is 51.6 Å². The summed E-state index contributed by atoms with van der Waals surface area (Å²) in [5.41, 5.74) is 1.78. The number of benzene rings is 1. The summed E-state index contributed by atoms with van der Waals surface area (Å²) < 4.78 is 5.93. The number of ether oxygens (including phenoxy) is 1. The van der Waals surface area contributed by atoms with E-state index in [4.69, 9.17) is 4.74 Å². The Bertz CT molecular complexity index is 492. The number of hydrogen-bond donors (Lipinski definition) is 1. The molecule has 21 heavy (non-hydrogen) atoms. The van der Waals surface area contributed by atoms with E-state index in [-0.39, 0.29) is 5.41 Å². The summed E-state index contributed by atoms with van der Waals surface area (Å²) in [5, 5.41) is 3.95. The summed E-state index contributed by atoms with van der Waals surface area (Å²) in [7, 11) is 0. The molecule has 1 N–H and O–H groups in total. The van der Waals surface area contributed by atoms with Crippen LogP contribution in [0.2, 0.25) is 0 Å². The fraction of sp³-hybridized carbons (Fsp3) is 0.667. The molecule has 2 nitrogen and oxygen atoms in total. The minimum Gasteiger partial charge on any atom is -0.378 e. The lowest BCUT2D eigenvalue weighted by molar-refractivity contribution is -0.128. The second-order valence-electron chi connectivity index (χ2n) is 6.49. The van der Waals surface area contributed by atoms with Crippen molar-refractivity contribution in [3.8, 4) is 0 Å². The van der Waals surface area contributed by atoms with Gasteiger partial charge in [-0.15, -0.1) is 11.8 Å². The maximum atomic E-state index is 5.93. The van der Waals surface area contributed by atoms with Gasteiger partial charge in [-0.1, -0.05) is 32.0 Å². The van der Waals surface area contributed by atoms with Gasteiger partial charge in [0.15, 0.2) is 0 Å². The van der Waals surface area contributed by atoms with Crippen LogP contribution in [-0.2, 0) is 4.74 Å². The predicted molar refractivity (Wildman–Crippen MR) is 89.9 cm³/mol. The maximum Gasteiger partial charge on any atom is 0.0658 e. The van der Waals surface area contributed by atoms with E-state index in [1.807, 2.05) is 11.8 Å². The average Bonchev–Trinajstić information content (AvgIpc) is 2.53. The molecule has 1 aliphatic heterocycles. The van der Waals surface area contributed by atoms with Crippen molar-refractivity contribution in [2.24, 2.45) is 5.41 Å². The highest BCUT2D eigenvalue weighted by atomic mass is 32.2. The Labute approximate surface area is 133 Å².